The van der Waals surface area contributed by atoms with Gasteiger partial charge >= 0.3 is 0 Å². The molecular formula is C26H34ClN3O2. The molecule has 0 spiro atoms. The molecule has 172 valence electrons. The van der Waals surface area contributed by atoms with Gasteiger partial charge in [-0.3, -0.25) is 14.6 Å². The summed E-state index contributed by atoms with van der Waals surface area (Å²) in [6.07, 6.45) is 1.52. The van der Waals surface area contributed by atoms with E-state index in [-0.39, 0.29) is 18.1 Å². The lowest BCUT2D eigenvalue weighted by Gasteiger charge is -2.35. The molecule has 0 radical (unpaired) electrons. The maximum atomic E-state index is 13.1. The summed E-state index contributed by atoms with van der Waals surface area (Å²) in [5.74, 6) is 0.138. The molecule has 0 bridgehead atoms. The van der Waals surface area contributed by atoms with Crippen LogP contribution in [0.3, 0.4) is 0 Å². The Bertz CT molecular complexity index is 877. The van der Waals surface area contributed by atoms with E-state index in [4.69, 9.17) is 16.3 Å². The maximum Gasteiger partial charge on any atom is 0.253 e. The number of hydrogen-bond donors (Lipinski definition) is 0. The Morgan fingerprint density at radius 1 is 0.844 bits per heavy atom. The van der Waals surface area contributed by atoms with Crippen molar-refractivity contribution in [1.29, 1.82) is 0 Å². The second kappa shape index (κ2) is 10.8. The predicted molar refractivity (Wildman–Crippen MR) is 129 cm³/mol. The molecule has 2 heterocycles. The normalized spacial score (nSPS) is 23.2. The summed E-state index contributed by atoms with van der Waals surface area (Å²) in [4.78, 5) is 20.0. The van der Waals surface area contributed by atoms with Gasteiger partial charge in [-0.15, -0.1) is 0 Å². The highest BCUT2D eigenvalue weighted by Gasteiger charge is 2.23. The minimum absolute atomic E-state index is 0.138. The summed E-state index contributed by atoms with van der Waals surface area (Å²) < 4.78 is 5.83. The summed E-state index contributed by atoms with van der Waals surface area (Å²) in [6.45, 7) is 11.4. The van der Waals surface area contributed by atoms with Crippen LogP contribution in [0.4, 0.5) is 0 Å². The summed E-state index contributed by atoms with van der Waals surface area (Å²) >= 11 is 6.00. The Kier molecular flexibility index (Phi) is 7.84. The van der Waals surface area contributed by atoms with Crippen LogP contribution in [-0.2, 0) is 17.8 Å². The van der Waals surface area contributed by atoms with E-state index < -0.39 is 0 Å². The fourth-order valence-electron chi connectivity index (χ4n) is 4.79. The maximum absolute atomic E-state index is 13.1. The van der Waals surface area contributed by atoms with Crippen molar-refractivity contribution in [3.63, 3.8) is 0 Å². The Balaban J connectivity index is 1.30. The molecule has 0 saturated carbocycles. The third-order valence-electron chi connectivity index (χ3n) is 6.30. The first kappa shape index (κ1) is 23.2. The molecule has 0 N–H and O–H groups in total. The van der Waals surface area contributed by atoms with Gasteiger partial charge < -0.3 is 9.64 Å². The lowest BCUT2D eigenvalue weighted by Crippen LogP contribution is -2.44. The van der Waals surface area contributed by atoms with Crippen molar-refractivity contribution in [3.05, 3.63) is 70.2 Å². The Hall–Kier alpha value is -1.92. The van der Waals surface area contributed by atoms with E-state index in [1.54, 1.807) is 0 Å². The number of carbonyl (C=O) groups is 1. The highest BCUT2D eigenvalue weighted by Crippen LogP contribution is 2.17. The molecule has 2 fully saturated rings. The standard InChI is InChI=1S/C26H34ClN3O2/c1-20-16-29(17-21(2)32-20)19-22-4-8-24(9-5-22)26(31)30-13-3-12-28(14-15-30)18-23-6-10-25(27)11-7-23/h4-11,20-21H,3,12-19H2,1-2H3. The van der Waals surface area contributed by atoms with Gasteiger partial charge in [-0.2, -0.15) is 0 Å². The van der Waals surface area contributed by atoms with Crippen molar-refractivity contribution in [1.82, 2.24) is 14.7 Å². The van der Waals surface area contributed by atoms with Crippen LogP contribution in [0.25, 0.3) is 0 Å². The lowest BCUT2D eigenvalue weighted by atomic mass is 10.1. The van der Waals surface area contributed by atoms with Gasteiger partial charge in [-0.25, -0.2) is 0 Å². The lowest BCUT2D eigenvalue weighted by molar-refractivity contribution is -0.0704. The van der Waals surface area contributed by atoms with E-state index in [9.17, 15) is 4.79 Å². The molecule has 6 heteroatoms. The van der Waals surface area contributed by atoms with Crippen molar-refractivity contribution in [3.8, 4) is 0 Å². The summed E-state index contributed by atoms with van der Waals surface area (Å²) in [5.41, 5.74) is 3.28. The van der Waals surface area contributed by atoms with Gasteiger partial charge in [-0.1, -0.05) is 35.9 Å². The summed E-state index contributed by atoms with van der Waals surface area (Å²) in [5, 5.41) is 0.765. The second-order valence-corrected chi connectivity index (χ2v) is 9.63. The number of benzene rings is 2. The number of carbonyl (C=O) groups excluding carboxylic acids is 1. The molecule has 0 aliphatic carbocycles. The van der Waals surface area contributed by atoms with E-state index in [1.165, 1.54) is 11.1 Å². The highest BCUT2D eigenvalue weighted by molar-refractivity contribution is 6.30. The van der Waals surface area contributed by atoms with Crippen LogP contribution in [-0.4, -0.2) is 72.1 Å². The fraction of sp³-hybridized carbons (Fsp3) is 0.500. The van der Waals surface area contributed by atoms with Crippen LogP contribution in [0.5, 0.6) is 0 Å². The minimum atomic E-state index is 0.138. The Morgan fingerprint density at radius 2 is 1.44 bits per heavy atom. The molecule has 2 aromatic rings. The molecule has 2 aliphatic heterocycles. The molecule has 5 nitrogen and oxygen atoms in total. The molecule has 1 amide bonds. The van der Waals surface area contributed by atoms with Crippen LogP contribution in [0.15, 0.2) is 48.5 Å². The number of hydrogen-bond acceptors (Lipinski definition) is 4. The van der Waals surface area contributed by atoms with Gasteiger partial charge in [-0.05, 0) is 55.7 Å². The molecule has 2 saturated heterocycles. The Labute approximate surface area is 196 Å². The van der Waals surface area contributed by atoms with Crippen LogP contribution in [0, 0.1) is 0 Å². The predicted octanol–water partition coefficient (Wildman–Crippen LogP) is 4.30. The number of morpholine rings is 1. The molecule has 2 atom stereocenters. The number of rotatable bonds is 5. The molecule has 4 rings (SSSR count). The molecule has 2 unspecified atom stereocenters. The number of ether oxygens (including phenoxy) is 1. The third-order valence-corrected chi connectivity index (χ3v) is 6.55. The van der Waals surface area contributed by atoms with Gasteiger partial charge in [0.1, 0.15) is 0 Å². The van der Waals surface area contributed by atoms with Crippen LogP contribution in [0.2, 0.25) is 5.02 Å². The van der Waals surface area contributed by atoms with E-state index in [0.717, 1.165) is 69.4 Å². The van der Waals surface area contributed by atoms with Gasteiger partial charge in [0.15, 0.2) is 0 Å². The number of nitrogens with zero attached hydrogens (tertiary/aromatic N) is 3. The van der Waals surface area contributed by atoms with Gasteiger partial charge in [0.25, 0.3) is 5.91 Å². The monoisotopic (exact) mass is 455 g/mol. The minimum Gasteiger partial charge on any atom is -0.373 e. The summed E-state index contributed by atoms with van der Waals surface area (Å²) in [6, 6.07) is 16.2. The van der Waals surface area contributed by atoms with Crippen LogP contribution < -0.4 is 0 Å². The summed E-state index contributed by atoms with van der Waals surface area (Å²) in [7, 11) is 0. The fourth-order valence-corrected chi connectivity index (χ4v) is 4.91. The van der Waals surface area contributed by atoms with E-state index in [2.05, 4.69) is 47.9 Å². The SMILES string of the molecule is CC1CN(Cc2ccc(C(=O)N3CCCN(Cc4ccc(Cl)cc4)CC3)cc2)CC(C)O1. The second-order valence-electron chi connectivity index (χ2n) is 9.20. The van der Waals surface area contributed by atoms with Crippen molar-refractivity contribution in [2.75, 3.05) is 39.3 Å². The average molecular weight is 456 g/mol. The zero-order valence-electron chi connectivity index (χ0n) is 19.2. The molecular weight excluding hydrogens is 422 g/mol. The molecule has 32 heavy (non-hydrogen) atoms. The van der Waals surface area contributed by atoms with Gasteiger partial charge in [0, 0.05) is 62.9 Å². The van der Waals surface area contributed by atoms with Crippen molar-refractivity contribution in [2.24, 2.45) is 0 Å². The first-order valence-electron chi connectivity index (χ1n) is 11.7. The van der Waals surface area contributed by atoms with E-state index in [1.807, 2.05) is 29.2 Å². The molecule has 0 aromatic heterocycles. The number of halogens is 1. The zero-order valence-corrected chi connectivity index (χ0v) is 19.9. The Morgan fingerprint density at radius 3 is 2.09 bits per heavy atom. The van der Waals surface area contributed by atoms with Crippen LogP contribution >= 0.6 is 11.6 Å². The van der Waals surface area contributed by atoms with Crippen molar-refractivity contribution < 1.29 is 9.53 Å². The first-order chi connectivity index (χ1) is 15.5. The van der Waals surface area contributed by atoms with Gasteiger partial charge in [0.05, 0.1) is 12.2 Å². The average Bonchev–Trinajstić information content (AvgIpc) is 3.00. The smallest absolute Gasteiger partial charge is 0.253 e. The molecule has 2 aromatic carbocycles. The van der Waals surface area contributed by atoms with Crippen LogP contribution in [0.1, 0.15) is 41.8 Å². The van der Waals surface area contributed by atoms with Crippen molar-refractivity contribution >= 4 is 17.5 Å². The topological polar surface area (TPSA) is 36.0 Å². The quantitative estimate of drug-likeness (QED) is 0.673. The van der Waals surface area contributed by atoms with E-state index >= 15 is 0 Å². The van der Waals surface area contributed by atoms with E-state index in [0.29, 0.717) is 0 Å². The molecule has 2 aliphatic rings. The third kappa shape index (κ3) is 6.32. The van der Waals surface area contributed by atoms with Crippen molar-refractivity contribution in [2.45, 2.75) is 45.6 Å². The highest BCUT2D eigenvalue weighted by atomic mass is 35.5. The first-order valence-corrected chi connectivity index (χ1v) is 12.1. The van der Waals surface area contributed by atoms with Gasteiger partial charge in [0.2, 0.25) is 0 Å². The largest absolute Gasteiger partial charge is 0.373 e. The zero-order chi connectivity index (χ0) is 22.5. The number of amides is 1.